The highest BCUT2D eigenvalue weighted by Gasteiger charge is 2.14. The Kier molecular flexibility index (Phi) is 13.9. The van der Waals surface area contributed by atoms with Gasteiger partial charge in [-0.1, -0.05) is 66.7 Å². The first kappa shape index (κ1) is 38.9. The SMILES string of the molecule is O=C(CCCN1CCNCC1)Nc1ccc(-c2cc(-c3ccc(OCc4ccccc4)cc3)cc(-c3ccc(NC(=O)CCCN4CCNCC4)cc3)n2)cc1. The highest BCUT2D eigenvalue weighted by molar-refractivity contribution is 5.92. The van der Waals surface area contributed by atoms with E-state index in [1.54, 1.807) is 0 Å². The molecule has 4 aromatic carbocycles. The molecule has 3 heterocycles. The molecular weight excluding hydrogens is 699 g/mol. The molecule has 0 bridgehead atoms. The number of carbonyl (C=O) groups is 2. The van der Waals surface area contributed by atoms with Crippen molar-refractivity contribution in [2.75, 3.05) is 76.1 Å². The second-order valence-electron chi connectivity index (χ2n) is 14.6. The van der Waals surface area contributed by atoms with Crippen LogP contribution in [0.2, 0.25) is 0 Å². The Hall–Kier alpha value is -5.39. The van der Waals surface area contributed by atoms with Crippen LogP contribution in [-0.2, 0) is 16.2 Å². The molecule has 56 heavy (non-hydrogen) atoms. The Labute approximate surface area is 330 Å². The summed E-state index contributed by atoms with van der Waals surface area (Å²) in [4.78, 5) is 35.4. The molecule has 2 saturated heterocycles. The number of pyridine rings is 1. The van der Waals surface area contributed by atoms with Gasteiger partial charge >= 0.3 is 0 Å². The number of anilines is 2. The molecule has 2 aliphatic rings. The van der Waals surface area contributed by atoms with Crippen LogP contribution in [0, 0.1) is 0 Å². The second kappa shape index (κ2) is 20.0. The highest BCUT2D eigenvalue weighted by Crippen LogP contribution is 2.32. The van der Waals surface area contributed by atoms with Crippen molar-refractivity contribution in [2.45, 2.75) is 32.3 Å². The minimum Gasteiger partial charge on any atom is -0.489 e. The lowest BCUT2D eigenvalue weighted by atomic mass is 9.99. The van der Waals surface area contributed by atoms with Gasteiger partial charge in [-0.05, 0) is 91.2 Å². The summed E-state index contributed by atoms with van der Waals surface area (Å²) in [5.74, 6) is 0.859. The Bertz CT molecular complexity index is 1890. The molecule has 2 fully saturated rings. The van der Waals surface area contributed by atoms with Gasteiger partial charge in [0.2, 0.25) is 11.8 Å². The van der Waals surface area contributed by atoms with Crippen molar-refractivity contribution >= 4 is 23.2 Å². The van der Waals surface area contributed by atoms with Gasteiger partial charge in [-0.25, -0.2) is 4.98 Å². The maximum Gasteiger partial charge on any atom is 0.224 e. The van der Waals surface area contributed by atoms with E-state index in [9.17, 15) is 9.59 Å². The van der Waals surface area contributed by atoms with E-state index < -0.39 is 0 Å². The first-order valence-corrected chi connectivity index (χ1v) is 20.0. The van der Waals surface area contributed by atoms with Gasteiger partial charge in [-0.2, -0.15) is 0 Å². The van der Waals surface area contributed by atoms with E-state index in [0.717, 1.165) is 135 Å². The lowest BCUT2D eigenvalue weighted by Crippen LogP contribution is -2.43. The molecule has 1 aromatic heterocycles. The Balaban J connectivity index is 1.04. The number of nitrogens with zero attached hydrogens (tertiary/aromatic N) is 3. The molecular formula is C46H53N7O3. The molecule has 0 spiro atoms. The van der Waals surface area contributed by atoms with Crippen LogP contribution in [0.1, 0.15) is 31.2 Å². The van der Waals surface area contributed by atoms with Gasteiger partial charge < -0.3 is 35.8 Å². The zero-order chi connectivity index (χ0) is 38.4. The van der Waals surface area contributed by atoms with E-state index >= 15 is 0 Å². The van der Waals surface area contributed by atoms with Crippen LogP contribution in [0.4, 0.5) is 11.4 Å². The normalized spacial score (nSPS) is 14.9. The molecule has 10 nitrogen and oxygen atoms in total. The molecule has 0 radical (unpaired) electrons. The zero-order valence-corrected chi connectivity index (χ0v) is 32.1. The minimum atomic E-state index is 0.0290. The number of carbonyl (C=O) groups excluding carboxylic acids is 2. The van der Waals surface area contributed by atoms with Crippen molar-refractivity contribution in [3.05, 3.63) is 121 Å². The third kappa shape index (κ3) is 11.6. The maximum atomic E-state index is 12.7. The lowest BCUT2D eigenvalue weighted by Gasteiger charge is -2.26. The largest absolute Gasteiger partial charge is 0.489 e. The Morgan fingerprint density at radius 3 is 1.52 bits per heavy atom. The Morgan fingerprint density at radius 2 is 1.04 bits per heavy atom. The third-order valence-electron chi connectivity index (χ3n) is 10.4. The fourth-order valence-electron chi connectivity index (χ4n) is 7.17. The molecule has 0 aliphatic carbocycles. The van der Waals surface area contributed by atoms with Crippen LogP contribution < -0.4 is 26.0 Å². The van der Waals surface area contributed by atoms with Gasteiger partial charge in [0.25, 0.3) is 0 Å². The van der Waals surface area contributed by atoms with E-state index in [4.69, 9.17) is 9.72 Å². The van der Waals surface area contributed by atoms with E-state index in [-0.39, 0.29) is 11.8 Å². The number of amides is 2. The number of rotatable bonds is 16. The van der Waals surface area contributed by atoms with Crippen LogP contribution in [0.3, 0.4) is 0 Å². The molecule has 10 heteroatoms. The quantitative estimate of drug-likeness (QED) is 0.0862. The van der Waals surface area contributed by atoms with Crippen molar-refractivity contribution in [3.8, 4) is 39.4 Å². The second-order valence-corrected chi connectivity index (χ2v) is 14.6. The highest BCUT2D eigenvalue weighted by atomic mass is 16.5. The van der Waals surface area contributed by atoms with E-state index in [1.807, 2.05) is 78.9 Å². The van der Waals surface area contributed by atoms with E-state index in [0.29, 0.717) is 19.4 Å². The van der Waals surface area contributed by atoms with Crippen molar-refractivity contribution < 1.29 is 14.3 Å². The molecule has 4 N–H and O–H groups in total. The maximum absolute atomic E-state index is 12.7. The number of benzene rings is 4. The predicted molar refractivity (Wildman–Crippen MR) is 226 cm³/mol. The van der Waals surface area contributed by atoms with Gasteiger partial charge in [0.15, 0.2) is 0 Å². The summed E-state index contributed by atoms with van der Waals surface area (Å²) in [7, 11) is 0. The monoisotopic (exact) mass is 751 g/mol. The average Bonchev–Trinajstić information content (AvgIpc) is 3.24. The van der Waals surface area contributed by atoms with E-state index in [2.05, 4.69) is 67.5 Å². The first-order valence-electron chi connectivity index (χ1n) is 20.0. The molecule has 5 aromatic rings. The number of ether oxygens (including phenoxy) is 1. The summed E-state index contributed by atoms with van der Waals surface area (Å²) in [6, 6.07) is 38.3. The molecule has 290 valence electrons. The fourth-order valence-corrected chi connectivity index (χ4v) is 7.17. The molecule has 7 rings (SSSR count). The van der Waals surface area contributed by atoms with Crippen molar-refractivity contribution in [2.24, 2.45) is 0 Å². The van der Waals surface area contributed by atoms with Crippen molar-refractivity contribution in [3.63, 3.8) is 0 Å². The van der Waals surface area contributed by atoms with E-state index in [1.165, 1.54) is 0 Å². The molecule has 2 aliphatic heterocycles. The van der Waals surface area contributed by atoms with Crippen LogP contribution >= 0.6 is 0 Å². The summed E-state index contributed by atoms with van der Waals surface area (Å²) in [5, 5.41) is 12.9. The number of piperazine rings is 2. The van der Waals surface area contributed by atoms with Crippen LogP contribution in [0.5, 0.6) is 5.75 Å². The number of nitrogens with one attached hydrogen (secondary N) is 4. The van der Waals surface area contributed by atoms with Crippen molar-refractivity contribution in [1.82, 2.24) is 25.4 Å². The van der Waals surface area contributed by atoms with Gasteiger partial charge in [0, 0.05) is 87.7 Å². The Morgan fingerprint density at radius 1 is 0.571 bits per heavy atom. The molecule has 2 amide bonds. The van der Waals surface area contributed by atoms with Gasteiger partial charge in [-0.15, -0.1) is 0 Å². The fraction of sp³-hybridized carbons (Fsp3) is 0.326. The number of hydrogen-bond acceptors (Lipinski definition) is 8. The first-order chi connectivity index (χ1) is 27.5. The van der Waals surface area contributed by atoms with Gasteiger partial charge in [-0.3, -0.25) is 9.59 Å². The predicted octanol–water partition coefficient (Wildman–Crippen LogP) is 6.91. The van der Waals surface area contributed by atoms with Crippen LogP contribution in [-0.4, -0.2) is 92.0 Å². The van der Waals surface area contributed by atoms with Crippen molar-refractivity contribution in [1.29, 1.82) is 0 Å². The number of hydrogen-bond donors (Lipinski definition) is 4. The summed E-state index contributed by atoms with van der Waals surface area (Å²) >= 11 is 0. The lowest BCUT2D eigenvalue weighted by molar-refractivity contribution is -0.117. The van der Waals surface area contributed by atoms with Crippen LogP contribution in [0.25, 0.3) is 33.6 Å². The summed E-state index contributed by atoms with van der Waals surface area (Å²) in [6.07, 6.45) is 2.67. The minimum absolute atomic E-state index is 0.0290. The van der Waals surface area contributed by atoms with Gasteiger partial charge in [0.1, 0.15) is 12.4 Å². The summed E-state index contributed by atoms with van der Waals surface area (Å²) < 4.78 is 6.06. The molecule has 0 unspecified atom stereocenters. The zero-order valence-electron chi connectivity index (χ0n) is 32.1. The summed E-state index contributed by atoms with van der Waals surface area (Å²) in [6.45, 7) is 10.6. The average molecular weight is 752 g/mol. The number of aromatic nitrogens is 1. The third-order valence-corrected chi connectivity index (χ3v) is 10.4. The molecule has 0 atom stereocenters. The van der Waals surface area contributed by atoms with Crippen LogP contribution in [0.15, 0.2) is 115 Å². The smallest absolute Gasteiger partial charge is 0.224 e. The topological polar surface area (TPSA) is 111 Å². The van der Waals surface area contributed by atoms with Gasteiger partial charge in [0.05, 0.1) is 11.4 Å². The standard InChI is InChI=1S/C46H53N7O3/c54-45(8-4-26-52-28-22-47-23-29-52)49-40-16-10-37(11-17-40)43-32-39(36-14-20-42(21-15-36)56-34-35-6-2-1-3-7-35)33-44(51-43)38-12-18-41(19-13-38)50-46(55)9-5-27-53-30-24-48-25-31-53/h1-3,6-7,10-21,32-33,47-48H,4-5,8-9,22-31,34H2,(H,49,54)(H,50,55). The molecule has 0 saturated carbocycles. The summed E-state index contributed by atoms with van der Waals surface area (Å²) in [5.41, 5.74) is 8.23.